The molecule has 0 amide bonds. The van der Waals surface area contributed by atoms with Crippen LogP contribution in [0.5, 0.6) is 0 Å². The Morgan fingerprint density at radius 3 is 2.37 bits per heavy atom. The molecule has 142 valence electrons. The van der Waals surface area contributed by atoms with Gasteiger partial charge in [0.1, 0.15) is 11.9 Å². The average molecular weight is 364 g/mol. The van der Waals surface area contributed by atoms with E-state index < -0.39 is 0 Å². The Balaban J connectivity index is 1.53. The SMILES string of the molecule is Cc1c(C(C#N)N2CCN(C3CCCC3)CC2)nc(-c2ccccc2)n1C. The van der Waals surface area contributed by atoms with Crippen molar-refractivity contribution in [1.82, 2.24) is 19.4 Å². The van der Waals surface area contributed by atoms with Gasteiger partial charge in [-0.25, -0.2) is 4.98 Å². The number of benzene rings is 1. The number of hydrogen-bond donors (Lipinski definition) is 0. The minimum atomic E-state index is -0.264. The summed E-state index contributed by atoms with van der Waals surface area (Å²) in [6.07, 6.45) is 5.45. The first-order valence-corrected chi connectivity index (χ1v) is 10.2. The lowest BCUT2D eigenvalue weighted by atomic mass is 10.1. The van der Waals surface area contributed by atoms with Crippen molar-refractivity contribution in [3.8, 4) is 17.5 Å². The smallest absolute Gasteiger partial charge is 0.142 e. The molecule has 4 rings (SSSR count). The first kappa shape index (κ1) is 18.2. The van der Waals surface area contributed by atoms with Crippen LogP contribution >= 0.6 is 0 Å². The van der Waals surface area contributed by atoms with Crippen LogP contribution in [0.3, 0.4) is 0 Å². The fourth-order valence-corrected chi connectivity index (χ4v) is 4.65. The molecule has 2 fully saturated rings. The van der Waals surface area contributed by atoms with Gasteiger partial charge in [-0.15, -0.1) is 0 Å². The van der Waals surface area contributed by atoms with Gasteiger partial charge in [0.15, 0.2) is 0 Å². The molecule has 2 aromatic rings. The summed E-state index contributed by atoms with van der Waals surface area (Å²) < 4.78 is 2.11. The van der Waals surface area contributed by atoms with E-state index in [1.165, 1.54) is 25.7 Å². The van der Waals surface area contributed by atoms with Gasteiger partial charge in [0, 0.05) is 50.5 Å². The van der Waals surface area contributed by atoms with Gasteiger partial charge in [0.05, 0.1) is 11.8 Å². The number of piperazine rings is 1. The third-order valence-electron chi connectivity index (χ3n) is 6.39. The van der Waals surface area contributed by atoms with Gasteiger partial charge in [-0.05, 0) is 19.8 Å². The van der Waals surface area contributed by atoms with Crippen LogP contribution in [-0.2, 0) is 7.05 Å². The number of nitriles is 1. The molecule has 0 spiro atoms. The molecule has 0 N–H and O–H groups in total. The van der Waals surface area contributed by atoms with Crippen molar-refractivity contribution in [3.05, 3.63) is 41.7 Å². The van der Waals surface area contributed by atoms with Crippen LogP contribution in [0.25, 0.3) is 11.4 Å². The lowest BCUT2D eigenvalue weighted by Gasteiger charge is -2.39. The van der Waals surface area contributed by atoms with Gasteiger partial charge >= 0.3 is 0 Å². The molecule has 1 saturated heterocycles. The van der Waals surface area contributed by atoms with Crippen LogP contribution in [-0.4, -0.2) is 51.6 Å². The lowest BCUT2D eigenvalue weighted by molar-refractivity contribution is 0.0830. The average Bonchev–Trinajstić information content (AvgIpc) is 3.34. The molecule has 1 atom stereocenters. The van der Waals surface area contributed by atoms with Crippen LogP contribution in [0, 0.1) is 18.3 Å². The highest BCUT2D eigenvalue weighted by Gasteiger charge is 2.32. The molecule has 1 aliphatic heterocycles. The van der Waals surface area contributed by atoms with Gasteiger partial charge in [0.2, 0.25) is 0 Å². The Bertz CT molecular complexity index is 805. The predicted molar refractivity (Wildman–Crippen MR) is 107 cm³/mol. The van der Waals surface area contributed by atoms with Crippen molar-refractivity contribution in [1.29, 1.82) is 5.26 Å². The third-order valence-corrected chi connectivity index (χ3v) is 6.39. The van der Waals surface area contributed by atoms with E-state index in [4.69, 9.17) is 4.98 Å². The van der Waals surface area contributed by atoms with E-state index in [1.807, 2.05) is 25.2 Å². The monoisotopic (exact) mass is 363 g/mol. The summed E-state index contributed by atoms with van der Waals surface area (Å²) >= 11 is 0. The van der Waals surface area contributed by atoms with Crippen molar-refractivity contribution in [2.75, 3.05) is 26.2 Å². The Hall–Kier alpha value is -2.16. The number of aromatic nitrogens is 2. The molecule has 0 radical (unpaired) electrons. The predicted octanol–water partition coefficient (Wildman–Crippen LogP) is 3.52. The molecule has 27 heavy (non-hydrogen) atoms. The second-order valence-corrected chi connectivity index (χ2v) is 7.87. The molecule has 1 aromatic carbocycles. The van der Waals surface area contributed by atoms with Gasteiger partial charge in [0.25, 0.3) is 0 Å². The van der Waals surface area contributed by atoms with E-state index in [-0.39, 0.29) is 6.04 Å². The highest BCUT2D eigenvalue weighted by Crippen LogP contribution is 2.30. The molecule has 2 heterocycles. The van der Waals surface area contributed by atoms with Crippen LogP contribution < -0.4 is 0 Å². The maximum absolute atomic E-state index is 9.95. The maximum atomic E-state index is 9.95. The van der Waals surface area contributed by atoms with Gasteiger partial charge in [-0.1, -0.05) is 43.2 Å². The standard InChI is InChI=1S/C22H29N5/c1-17-21(24-22(25(17)2)18-8-4-3-5-9-18)20(16-23)27-14-12-26(13-15-27)19-10-6-7-11-19/h3-5,8-9,19-20H,6-7,10-15H2,1-2H3. The van der Waals surface area contributed by atoms with Gasteiger partial charge in [-0.3, -0.25) is 9.80 Å². The molecular formula is C22H29N5. The third kappa shape index (κ3) is 3.52. The summed E-state index contributed by atoms with van der Waals surface area (Å²) in [5, 5.41) is 9.95. The quantitative estimate of drug-likeness (QED) is 0.834. The Morgan fingerprint density at radius 2 is 1.74 bits per heavy atom. The van der Waals surface area contributed by atoms with Gasteiger partial charge in [-0.2, -0.15) is 5.26 Å². The molecule has 0 bridgehead atoms. The second-order valence-electron chi connectivity index (χ2n) is 7.87. The first-order valence-electron chi connectivity index (χ1n) is 10.2. The first-order chi connectivity index (χ1) is 13.2. The van der Waals surface area contributed by atoms with E-state index in [1.54, 1.807) is 0 Å². The van der Waals surface area contributed by atoms with E-state index in [9.17, 15) is 5.26 Å². The minimum Gasteiger partial charge on any atom is -0.331 e. The maximum Gasteiger partial charge on any atom is 0.142 e. The number of hydrogen-bond acceptors (Lipinski definition) is 4. The largest absolute Gasteiger partial charge is 0.331 e. The molecular weight excluding hydrogens is 334 g/mol. The van der Waals surface area contributed by atoms with Crippen molar-refractivity contribution >= 4 is 0 Å². The highest BCUT2D eigenvalue weighted by atomic mass is 15.3. The van der Waals surface area contributed by atoms with Crippen LogP contribution in [0.15, 0.2) is 30.3 Å². The highest BCUT2D eigenvalue weighted by molar-refractivity contribution is 5.57. The second kappa shape index (κ2) is 7.84. The Labute approximate surface area is 162 Å². The van der Waals surface area contributed by atoms with Crippen molar-refractivity contribution in [3.63, 3.8) is 0 Å². The number of rotatable bonds is 4. The summed E-state index contributed by atoms with van der Waals surface area (Å²) in [5.41, 5.74) is 3.09. The zero-order chi connectivity index (χ0) is 18.8. The van der Waals surface area contributed by atoms with Crippen molar-refractivity contribution in [2.45, 2.75) is 44.7 Å². The van der Waals surface area contributed by atoms with Crippen LogP contribution in [0.2, 0.25) is 0 Å². The number of nitrogens with zero attached hydrogens (tertiary/aromatic N) is 5. The molecule has 1 aliphatic carbocycles. The lowest BCUT2D eigenvalue weighted by Crippen LogP contribution is -2.50. The van der Waals surface area contributed by atoms with E-state index >= 15 is 0 Å². The summed E-state index contributed by atoms with van der Waals surface area (Å²) in [4.78, 5) is 9.86. The molecule has 5 heteroatoms. The minimum absolute atomic E-state index is 0.264. The summed E-state index contributed by atoms with van der Waals surface area (Å²) in [6.45, 7) is 6.12. The molecule has 5 nitrogen and oxygen atoms in total. The Kier molecular flexibility index (Phi) is 5.29. The zero-order valence-corrected chi connectivity index (χ0v) is 16.4. The normalized spacial score (nSPS) is 20.6. The zero-order valence-electron chi connectivity index (χ0n) is 16.4. The summed E-state index contributed by atoms with van der Waals surface area (Å²) in [6, 6.07) is 13.3. The van der Waals surface area contributed by atoms with Crippen LogP contribution in [0.4, 0.5) is 0 Å². The fraction of sp³-hybridized carbons (Fsp3) is 0.545. The van der Waals surface area contributed by atoms with E-state index in [0.717, 1.165) is 55.0 Å². The molecule has 1 aromatic heterocycles. The molecule has 1 saturated carbocycles. The molecule has 1 unspecified atom stereocenters. The Morgan fingerprint density at radius 1 is 1.07 bits per heavy atom. The summed E-state index contributed by atoms with van der Waals surface area (Å²) in [5.74, 6) is 0.938. The summed E-state index contributed by atoms with van der Waals surface area (Å²) in [7, 11) is 2.04. The van der Waals surface area contributed by atoms with E-state index in [2.05, 4.69) is 39.5 Å². The van der Waals surface area contributed by atoms with E-state index in [0.29, 0.717) is 0 Å². The number of imidazole rings is 1. The van der Waals surface area contributed by atoms with Crippen molar-refractivity contribution < 1.29 is 0 Å². The molecule has 2 aliphatic rings. The topological polar surface area (TPSA) is 48.1 Å². The fourth-order valence-electron chi connectivity index (χ4n) is 4.65. The van der Waals surface area contributed by atoms with Crippen molar-refractivity contribution in [2.24, 2.45) is 7.05 Å². The van der Waals surface area contributed by atoms with Crippen LogP contribution in [0.1, 0.15) is 43.1 Å². The van der Waals surface area contributed by atoms with Gasteiger partial charge < -0.3 is 4.57 Å².